The van der Waals surface area contributed by atoms with Gasteiger partial charge in [-0.1, -0.05) is 84.9 Å². The number of amides is 3. The van der Waals surface area contributed by atoms with Crippen LogP contribution in [0.5, 0.6) is 0 Å². The Morgan fingerprint density at radius 2 is 1.51 bits per heavy atom. The molecule has 0 spiro atoms. The molecule has 0 aliphatic carbocycles. The van der Waals surface area contributed by atoms with Gasteiger partial charge in [0.2, 0.25) is 5.91 Å². The van der Waals surface area contributed by atoms with E-state index in [0.29, 0.717) is 25.8 Å². The van der Waals surface area contributed by atoms with Gasteiger partial charge < -0.3 is 20.3 Å². The van der Waals surface area contributed by atoms with Crippen LogP contribution in [0.2, 0.25) is 0 Å². The maximum absolute atomic E-state index is 13.6. The predicted octanol–water partition coefficient (Wildman–Crippen LogP) is 5.39. The zero-order valence-corrected chi connectivity index (χ0v) is 24.0. The summed E-state index contributed by atoms with van der Waals surface area (Å²) < 4.78 is 5.44. The van der Waals surface area contributed by atoms with E-state index in [1.165, 1.54) is 0 Å². The van der Waals surface area contributed by atoms with Gasteiger partial charge in [0.15, 0.2) is 0 Å². The van der Waals surface area contributed by atoms with E-state index >= 15 is 0 Å². The molecule has 0 fully saturated rings. The lowest BCUT2D eigenvalue weighted by atomic mass is 10.0. The van der Waals surface area contributed by atoms with E-state index in [1.54, 1.807) is 37.8 Å². The van der Waals surface area contributed by atoms with Crippen molar-refractivity contribution in [2.24, 2.45) is 0 Å². The number of para-hydroxylation sites is 1. The summed E-state index contributed by atoms with van der Waals surface area (Å²) >= 11 is 0. The molecule has 0 radical (unpaired) electrons. The van der Waals surface area contributed by atoms with Crippen LogP contribution in [-0.4, -0.2) is 42.1 Å². The number of fused-ring (bicyclic) bond motifs is 1. The summed E-state index contributed by atoms with van der Waals surface area (Å²) in [6, 6.07) is 26.1. The minimum atomic E-state index is -0.860. The number of ether oxygens (including phenoxy) is 1. The Balaban J connectivity index is 1.50. The molecule has 1 aliphatic rings. The lowest BCUT2D eigenvalue weighted by Gasteiger charge is -2.25. The quantitative estimate of drug-likeness (QED) is 0.330. The topological polar surface area (TPSA) is 87.7 Å². The Hall–Kier alpha value is -4.39. The maximum atomic E-state index is 13.6. The van der Waals surface area contributed by atoms with Crippen LogP contribution in [0.25, 0.3) is 0 Å². The summed E-state index contributed by atoms with van der Waals surface area (Å²) in [4.78, 5) is 41.2. The molecule has 7 nitrogen and oxygen atoms in total. The molecular weight excluding hydrogens is 514 g/mol. The number of anilines is 1. The Morgan fingerprint density at radius 1 is 0.878 bits per heavy atom. The van der Waals surface area contributed by atoms with E-state index in [-0.39, 0.29) is 11.8 Å². The number of carbonyl (C=O) groups excluding carboxylic acids is 3. The lowest BCUT2D eigenvalue weighted by Crippen LogP contribution is -2.51. The van der Waals surface area contributed by atoms with E-state index < -0.39 is 23.8 Å². The van der Waals surface area contributed by atoms with Gasteiger partial charge in [-0.15, -0.1) is 0 Å². The number of benzene rings is 3. The Bertz CT molecular complexity index is 1350. The fourth-order valence-corrected chi connectivity index (χ4v) is 4.83. The molecule has 214 valence electrons. The number of hydrogen-bond donors (Lipinski definition) is 2. The maximum Gasteiger partial charge on any atom is 0.408 e. The summed E-state index contributed by atoms with van der Waals surface area (Å²) in [6.07, 6.45) is 5.06. The molecule has 0 aromatic heterocycles. The van der Waals surface area contributed by atoms with E-state index in [2.05, 4.69) is 10.6 Å². The first-order chi connectivity index (χ1) is 19.7. The first kappa shape index (κ1) is 29.6. The molecule has 2 atom stereocenters. The van der Waals surface area contributed by atoms with E-state index in [4.69, 9.17) is 4.74 Å². The van der Waals surface area contributed by atoms with Crippen molar-refractivity contribution in [1.82, 2.24) is 10.6 Å². The van der Waals surface area contributed by atoms with Crippen LogP contribution in [0, 0.1) is 0 Å². The standard InChI is InChI=1S/C34H39N3O4/c1-34(2,3)41-33(40)36-29(24-26-14-8-5-9-15-26)32(39)35-28(19-18-25-12-6-4-7-13-25)20-21-31(38)37-23-22-27-16-10-11-17-30(27)37/h4-17,20-21,28-29H,18-19,22-24H2,1-3H3,(H,35,39)(H,36,40)/b21-20+/t28-,29-/m0/s1. The average molecular weight is 554 g/mol. The number of carbonyl (C=O) groups is 3. The van der Waals surface area contributed by atoms with Crippen LogP contribution < -0.4 is 15.5 Å². The second kappa shape index (κ2) is 13.8. The van der Waals surface area contributed by atoms with Crippen molar-refractivity contribution < 1.29 is 19.1 Å². The molecular formula is C34H39N3O4. The number of nitrogens with zero attached hydrogens (tertiary/aromatic N) is 1. The summed E-state index contributed by atoms with van der Waals surface area (Å²) in [6.45, 7) is 5.96. The van der Waals surface area contributed by atoms with Gasteiger partial charge in [0.25, 0.3) is 5.91 Å². The first-order valence-corrected chi connectivity index (χ1v) is 14.1. The number of alkyl carbamates (subject to hydrolysis) is 1. The SMILES string of the molecule is CC(C)(C)OC(=O)N[C@@H](Cc1ccccc1)C(=O)N[C@H](/C=C/C(=O)N1CCc2ccccc21)CCc1ccccc1. The van der Waals surface area contributed by atoms with Gasteiger partial charge in [0.05, 0.1) is 0 Å². The van der Waals surface area contributed by atoms with Gasteiger partial charge in [-0.3, -0.25) is 9.59 Å². The molecule has 0 bridgehead atoms. The van der Waals surface area contributed by atoms with Gasteiger partial charge in [-0.05, 0) is 62.8 Å². The monoisotopic (exact) mass is 553 g/mol. The molecule has 1 aliphatic heterocycles. The number of rotatable bonds is 10. The third kappa shape index (κ3) is 9.07. The zero-order valence-electron chi connectivity index (χ0n) is 24.0. The molecule has 41 heavy (non-hydrogen) atoms. The summed E-state index contributed by atoms with van der Waals surface area (Å²) in [5, 5.41) is 5.82. The fraction of sp³-hybridized carbons (Fsp3) is 0.324. The first-order valence-electron chi connectivity index (χ1n) is 14.1. The Kier molecular flexibility index (Phi) is 9.95. The van der Waals surface area contributed by atoms with Crippen molar-refractivity contribution in [2.45, 2.75) is 64.1 Å². The third-order valence-electron chi connectivity index (χ3n) is 6.83. The summed E-state index contributed by atoms with van der Waals surface area (Å²) in [7, 11) is 0. The van der Waals surface area contributed by atoms with Crippen molar-refractivity contribution in [3.05, 3.63) is 114 Å². The van der Waals surface area contributed by atoms with Crippen LogP contribution >= 0.6 is 0 Å². The van der Waals surface area contributed by atoms with Crippen molar-refractivity contribution in [2.75, 3.05) is 11.4 Å². The number of nitrogens with one attached hydrogen (secondary N) is 2. The highest BCUT2D eigenvalue weighted by Crippen LogP contribution is 2.27. The van der Waals surface area contributed by atoms with Gasteiger partial charge in [0.1, 0.15) is 11.6 Å². The highest BCUT2D eigenvalue weighted by Gasteiger charge is 2.27. The van der Waals surface area contributed by atoms with E-state index in [1.807, 2.05) is 84.9 Å². The summed E-state index contributed by atoms with van der Waals surface area (Å²) in [5.74, 6) is -0.469. The highest BCUT2D eigenvalue weighted by atomic mass is 16.6. The largest absolute Gasteiger partial charge is 0.444 e. The molecule has 7 heteroatoms. The Morgan fingerprint density at radius 3 is 2.20 bits per heavy atom. The van der Waals surface area contributed by atoms with Crippen LogP contribution in [0.1, 0.15) is 43.9 Å². The second-order valence-electron chi connectivity index (χ2n) is 11.3. The molecule has 4 rings (SSSR count). The van der Waals surface area contributed by atoms with E-state index in [0.717, 1.165) is 28.8 Å². The van der Waals surface area contributed by atoms with Gasteiger partial charge in [-0.2, -0.15) is 0 Å². The lowest BCUT2D eigenvalue weighted by molar-refractivity contribution is -0.123. The molecule has 0 saturated heterocycles. The van der Waals surface area contributed by atoms with Gasteiger partial charge in [0, 0.05) is 30.8 Å². The molecule has 2 N–H and O–H groups in total. The fourth-order valence-electron chi connectivity index (χ4n) is 4.83. The third-order valence-corrected chi connectivity index (χ3v) is 6.83. The predicted molar refractivity (Wildman–Crippen MR) is 162 cm³/mol. The molecule has 0 unspecified atom stereocenters. The average Bonchev–Trinajstić information content (AvgIpc) is 3.38. The van der Waals surface area contributed by atoms with Crippen molar-refractivity contribution >= 4 is 23.6 Å². The van der Waals surface area contributed by atoms with Crippen molar-refractivity contribution in [1.29, 1.82) is 0 Å². The zero-order chi connectivity index (χ0) is 29.2. The molecule has 3 aromatic rings. The molecule has 3 amide bonds. The van der Waals surface area contributed by atoms with Crippen molar-refractivity contribution in [3.63, 3.8) is 0 Å². The van der Waals surface area contributed by atoms with Crippen molar-refractivity contribution in [3.8, 4) is 0 Å². The number of aryl methyl sites for hydroxylation is 1. The van der Waals surface area contributed by atoms with Crippen LogP contribution in [0.3, 0.4) is 0 Å². The normalized spacial score (nSPS) is 14.3. The molecule has 1 heterocycles. The van der Waals surface area contributed by atoms with Crippen LogP contribution in [-0.2, 0) is 33.6 Å². The molecule has 3 aromatic carbocycles. The highest BCUT2D eigenvalue weighted by molar-refractivity contribution is 6.03. The second-order valence-corrected chi connectivity index (χ2v) is 11.3. The van der Waals surface area contributed by atoms with Gasteiger partial charge in [-0.25, -0.2) is 4.79 Å². The van der Waals surface area contributed by atoms with E-state index in [9.17, 15) is 14.4 Å². The molecule has 0 saturated carbocycles. The van der Waals surface area contributed by atoms with Crippen LogP contribution in [0.15, 0.2) is 97.1 Å². The summed E-state index contributed by atoms with van der Waals surface area (Å²) in [5.41, 5.74) is 3.42. The Labute approximate surface area is 242 Å². The smallest absolute Gasteiger partial charge is 0.408 e. The minimum absolute atomic E-state index is 0.123. The van der Waals surface area contributed by atoms with Crippen LogP contribution in [0.4, 0.5) is 10.5 Å². The number of hydrogen-bond acceptors (Lipinski definition) is 4. The minimum Gasteiger partial charge on any atom is -0.444 e. The van der Waals surface area contributed by atoms with Gasteiger partial charge >= 0.3 is 6.09 Å².